The lowest BCUT2D eigenvalue weighted by atomic mass is 9.64. The molecule has 4 unspecified atom stereocenters. The van der Waals surface area contributed by atoms with Crippen LogP contribution in [-0.4, -0.2) is 79.5 Å². The van der Waals surface area contributed by atoms with Gasteiger partial charge in [0.1, 0.15) is 0 Å². The largest absolute Gasteiger partial charge is 0.493 e. The number of carbonyl (C=O) groups excluding carboxylic acids is 2. The second-order valence-electron chi connectivity index (χ2n) is 15.7. The molecule has 51 heavy (non-hydrogen) atoms. The first kappa shape index (κ1) is 39.0. The Kier molecular flexibility index (Phi) is 13.4. The first-order valence-electron chi connectivity index (χ1n) is 19.2. The van der Waals surface area contributed by atoms with E-state index < -0.39 is 17.1 Å². The van der Waals surface area contributed by atoms with Crippen LogP contribution in [0.2, 0.25) is 0 Å². The fourth-order valence-electron chi connectivity index (χ4n) is 9.08. The number of hydrogen-bond donors (Lipinski definition) is 2. The van der Waals surface area contributed by atoms with E-state index in [9.17, 15) is 19.8 Å². The second kappa shape index (κ2) is 17.5. The number of methoxy groups -OCH3 is 3. The normalized spacial score (nSPS) is 25.8. The summed E-state index contributed by atoms with van der Waals surface area (Å²) in [4.78, 5) is 30.4. The molecule has 6 rings (SSSR count). The second-order valence-corrected chi connectivity index (χ2v) is 15.7. The molecule has 8 heteroatoms. The minimum Gasteiger partial charge on any atom is -0.493 e. The number of allylic oxidation sites excluding steroid dienone is 2. The van der Waals surface area contributed by atoms with Crippen molar-refractivity contribution in [2.24, 2.45) is 11.3 Å². The highest BCUT2D eigenvalue weighted by atomic mass is 16.5. The smallest absolute Gasteiger partial charge is 0.227 e. The highest BCUT2D eigenvalue weighted by Crippen LogP contribution is 2.59. The van der Waals surface area contributed by atoms with Gasteiger partial charge in [0, 0.05) is 43.7 Å². The van der Waals surface area contributed by atoms with Crippen molar-refractivity contribution in [2.45, 2.75) is 121 Å². The standard InChI is InChI=1S/C43H61NO7/c1-30-11-9-21-42(2)37(35-18-15-31(25-34(45)17-14-30)26-36(35)41(47)33-12-7-6-8-13-33)20-22-43(42,48)29-44(23-10-24-49-3)40(46)28-32-16-19-38(50-4)39(27-32)51-5/h11,15-16,18-19,26-27,33-34,37,45,48H,6-10,12-14,17,20-25,28-29H2,1-5H3. The van der Waals surface area contributed by atoms with Crippen molar-refractivity contribution in [3.05, 3.63) is 70.3 Å². The quantitative estimate of drug-likeness (QED) is 0.133. The fraction of sp³-hybridized carbons (Fsp3) is 0.628. The average Bonchev–Trinajstić information content (AvgIpc) is 3.38. The molecule has 280 valence electrons. The SMILES string of the molecule is COCCCN(CC1(O)CCC2c3ccc(cc3C(=O)C3CCCCC3)CC(O)CCC(C)=CCCC21C)C(=O)Cc1ccc(OC)c(OC)c1. The van der Waals surface area contributed by atoms with Gasteiger partial charge >= 0.3 is 0 Å². The van der Waals surface area contributed by atoms with Gasteiger partial charge in [-0.1, -0.05) is 56.0 Å². The summed E-state index contributed by atoms with van der Waals surface area (Å²) in [6.07, 6.45) is 12.5. The number of amides is 1. The molecule has 2 saturated carbocycles. The summed E-state index contributed by atoms with van der Waals surface area (Å²) in [5.41, 5.74) is 3.04. The summed E-state index contributed by atoms with van der Waals surface area (Å²) in [7, 11) is 4.84. The summed E-state index contributed by atoms with van der Waals surface area (Å²) in [5, 5.41) is 23.9. The Labute approximate surface area is 305 Å². The maximum Gasteiger partial charge on any atom is 0.227 e. The monoisotopic (exact) mass is 703 g/mol. The first-order chi connectivity index (χ1) is 24.5. The zero-order valence-electron chi connectivity index (χ0n) is 31.7. The number of rotatable bonds is 12. The van der Waals surface area contributed by atoms with Gasteiger partial charge in [-0.25, -0.2) is 0 Å². The molecule has 0 aliphatic heterocycles. The van der Waals surface area contributed by atoms with Crippen molar-refractivity contribution in [2.75, 3.05) is 41.0 Å². The molecule has 4 aliphatic carbocycles. The van der Waals surface area contributed by atoms with E-state index in [0.717, 1.165) is 67.2 Å². The summed E-state index contributed by atoms with van der Waals surface area (Å²) in [5.74, 6) is 1.27. The number of aliphatic hydroxyl groups excluding tert-OH is 1. The van der Waals surface area contributed by atoms with E-state index in [4.69, 9.17) is 14.2 Å². The van der Waals surface area contributed by atoms with Gasteiger partial charge in [-0.3, -0.25) is 9.59 Å². The van der Waals surface area contributed by atoms with Crippen molar-refractivity contribution in [1.29, 1.82) is 0 Å². The van der Waals surface area contributed by atoms with Crippen LogP contribution in [0.15, 0.2) is 48.0 Å². The molecule has 0 spiro atoms. The Morgan fingerprint density at radius 3 is 2.43 bits per heavy atom. The predicted octanol–water partition coefficient (Wildman–Crippen LogP) is 7.61. The molecular weight excluding hydrogens is 642 g/mol. The summed E-state index contributed by atoms with van der Waals surface area (Å²) < 4.78 is 16.3. The average molecular weight is 704 g/mol. The molecule has 2 fully saturated rings. The molecule has 4 aliphatic rings. The number of aliphatic hydroxyl groups is 2. The van der Waals surface area contributed by atoms with Crippen LogP contribution >= 0.6 is 0 Å². The molecule has 2 bridgehead atoms. The van der Waals surface area contributed by atoms with Crippen LogP contribution in [0.5, 0.6) is 11.5 Å². The zero-order chi connectivity index (χ0) is 36.6. The number of nitrogens with zero attached hydrogens (tertiary/aromatic N) is 1. The molecular formula is C43H61NO7. The number of fused-ring (bicyclic) bond motifs is 8. The van der Waals surface area contributed by atoms with E-state index in [1.807, 2.05) is 23.1 Å². The molecule has 0 radical (unpaired) electrons. The molecule has 0 aromatic heterocycles. The van der Waals surface area contributed by atoms with Gasteiger partial charge in [0.25, 0.3) is 0 Å². The molecule has 2 aromatic rings. The van der Waals surface area contributed by atoms with Crippen LogP contribution in [0, 0.1) is 11.3 Å². The van der Waals surface area contributed by atoms with E-state index in [1.165, 1.54) is 12.0 Å². The molecule has 0 heterocycles. The zero-order valence-corrected chi connectivity index (χ0v) is 31.7. The van der Waals surface area contributed by atoms with Gasteiger partial charge in [-0.05, 0) is 112 Å². The van der Waals surface area contributed by atoms with Crippen LogP contribution in [0.25, 0.3) is 0 Å². The highest BCUT2D eigenvalue weighted by molar-refractivity contribution is 5.99. The Balaban J connectivity index is 1.52. The number of Topliss-reactive ketones (excluding diaryl/α,β-unsaturated/α-hetero) is 1. The maximum absolute atomic E-state index is 14.4. The van der Waals surface area contributed by atoms with Gasteiger partial charge in [0.2, 0.25) is 5.91 Å². The van der Waals surface area contributed by atoms with E-state index in [2.05, 4.69) is 38.1 Å². The van der Waals surface area contributed by atoms with Gasteiger partial charge < -0.3 is 29.3 Å². The van der Waals surface area contributed by atoms with Crippen molar-refractivity contribution >= 4 is 11.7 Å². The van der Waals surface area contributed by atoms with Crippen LogP contribution in [0.4, 0.5) is 0 Å². The van der Waals surface area contributed by atoms with Gasteiger partial charge in [0.15, 0.2) is 17.3 Å². The Hall–Kier alpha value is -3.20. The lowest BCUT2D eigenvalue weighted by molar-refractivity contribution is -0.139. The molecule has 0 saturated heterocycles. The van der Waals surface area contributed by atoms with E-state index in [1.54, 1.807) is 21.3 Å². The molecule has 1 amide bonds. The molecule has 2 aromatic carbocycles. The lowest BCUT2D eigenvalue weighted by Crippen LogP contribution is -2.54. The van der Waals surface area contributed by atoms with Crippen LogP contribution in [0.1, 0.15) is 124 Å². The van der Waals surface area contributed by atoms with Crippen molar-refractivity contribution in [1.82, 2.24) is 4.90 Å². The van der Waals surface area contributed by atoms with E-state index in [0.29, 0.717) is 56.8 Å². The third-order valence-corrected chi connectivity index (χ3v) is 12.3. The van der Waals surface area contributed by atoms with Crippen molar-refractivity contribution in [3.63, 3.8) is 0 Å². The summed E-state index contributed by atoms with van der Waals surface area (Å²) >= 11 is 0. The Bertz CT molecular complexity index is 1530. The minimum absolute atomic E-state index is 0.0131. The van der Waals surface area contributed by atoms with Gasteiger partial charge in [-0.2, -0.15) is 0 Å². The lowest BCUT2D eigenvalue weighted by Gasteiger charge is -2.46. The maximum atomic E-state index is 14.4. The number of ketones is 1. The fourth-order valence-corrected chi connectivity index (χ4v) is 9.08. The Morgan fingerprint density at radius 2 is 1.71 bits per heavy atom. The van der Waals surface area contributed by atoms with Crippen molar-refractivity contribution in [3.8, 4) is 11.5 Å². The first-order valence-corrected chi connectivity index (χ1v) is 19.2. The summed E-state index contributed by atoms with van der Waals surface area (Å²) in [6.45, 7) is 5.49. The third kappa shape index (κ3) is 9.06. The number of carbonyl (C=O) groups is 2. The van der Waals surface area contributed by atoms with E-state index in [-0.39, 0.29) is 36.5 Å². The Morgan fingerprint density at radius 1 is 0.941 bits per heavy atom. The highest BCUT2D eigenvalue weighted by Gasteiger charge is 2.57. The molecule has 4 atom stereocenters. The van der Waals surface area contributed by atoms with Crippen LogP contribution < -0.4 is 9.47 Å². The number of hydrogen-bond acceptors (Lipinski definition) is 7. The van der Waals surface area contributed by atoms with Gasteiger partial charge in [0.05, 0.1) is 32.3 Å². The predicted molar refractivity (Wildman–Crippen MR) is 201 cm³/mol. The van der Waals surface area contributed by atoms with E-state index >= 15 is 0 Å². The van der Waals surface area contributed by atoms with Gasteiger partial charge in [-0.15, -0.1) is 0 Å². The van der Waals surface area contributed by atoms with Crippen LogP contribution in [-0.2, 0) is 22.4 Å². The number of benzene rings is 2. The molecule has 8 nitrogen and oxygen atoms in total. The van der Waals surface area contributed by atoms with Crippen molar-refractivity contribution < 1.29 is 34.0 Å². The minimum atomic E-state index is -1.18. The topological polar surface area (TPSA) is 106 Å². The number of ether oxygens (including phenoxy) is 3. The third-order valence-electron chi connectivity index (χ3n) is 12.3. The van der Waals surface area contributed by atoms with Crippen LogP contribution in [0.3, 0.4) is 0 Å². The summed E-state index contributed by atoms with van der Waals surface area (Å²) in [6, 6.07) is 11.8. The molecule has 2 N–H and O–H groups in total.